The molecule has 0 aliphatic heterocycles. The SMILES string of the molecule is CC1(C)CCC(Nc2ccnc(CN)c2)C1. The molecule has 0 spiro atoms. The van der Waals surface area contributed by atoms with Crippen molar-refractivity contribution in [3.8, 4) is 0 Å². The van der Waals surface area contributed by atoms with E-state index in [0.29, 0.717) is 18.0 Å². The molecule has 2 rings (SSSR count). The smallest absolute Gasteiger partial charge is 0.0559 e. The first-order valence-electron chi connectivity index (χ1n) is 6.01. The van der Waals surface area contributed by atoms with Crippen molar-refractivity contribution in [1.82, 2.24) is 4.98 Å². The molecule has 0 radical (unpaired) electrons. The van der Waals surface area contributed by atoms with E-state index in [1.165, 1.54) is 19.3 Å². The molecule has 0 amide bonds. The summed E-state index contributed by atoms with van der Waals surface area (Å²) < 4.78 is 0. The lowest BCUT2D eigenvalue weighted by Gasteiger charge is -2.18. The van der Waals surface area contributed by atoms with E-state index in [-0.39, 0.29) is 0 Å². The number of nitrogens with one attached hydrogen (secondary N) is 1. The van der Waals surface area contributed by atoms with Crippen molar-refractivity contribution in [2.24, 2.45) is 11.1 Å². The standard InChI is InChI=1S/C13H21N3/c1-13(2)5-3-11(8-13)16-10-4-6-15-12(7-10)9-14/h4,6-7,11H,3,5,8-9,14H2,1-2H3,(H,15,16). The Bertz CT molecular complexity index is 360. The summed E-state index contributed by atoms with van der Waals surface area (Å²) in [7, 11) is 0. The third kappa shape index (κ3) is 2.73. The van der Waals surface area contributed by atoms with Gasteiger partial charge in [-0.05, 0) is 36.8 Å². The van der Waals surface area contributed by atoms with Crippen LogP contribution in [0.1, 0.15) is 38.8 Å². The van der Waals surface area contributed by atoms with Crippen LogP contribution in [0.2, 0.25) is 0 Å². The highest BCUT2D eigenvalue weighted by Gasteiger charge is 2.30. The van der Waals surface area contributed by atoms with Crippen LogP contribution in [0.25, 0.3) is 0 Å². The van der Waals surface area contributed by atoms with Gasteiger partial charge >= 0.3 is 0 Å². The zero-order chi connectivity index (χ0) is 11.6. The lowest BCUT2D eigenvalue weighted by atomic mass is 9.92. The number of rotatable bonds is 3. The molecule has 88 valence electrons. The Kier molecular flexibility index (Phi) is 3.15. The van der Waals surface area contributed by atoms with Crippen molar-refractivity contribution >= 4 is 5.69 Å². The fraction of sp³-hybridized carbons (Fsp3) is 0.615. The topological polar surface area (TPSA) is 50.9 Å². The third-order valence-corrected chi connectivity index (χ3v) is 3.37. The van der Waals surface area contributed by atoms with Gasteiger partial charge in [0.2, 0.25) is 0 Å². The van der Waals surface area contributed by atoms with Gasteiger partial charge in [-0.25, -0.2) is 0 Å². The molecule has 3 heteroatoms. The molecule has 1 unspecified atom stereocenters. The van der Waals surface area contributed by atoms with Crippen molar-refractivity contribution in [3.63, 3.8) is 0 Å². The van der Waals surface area contributed by atoms with E-state index in [0.717, 1.165) is 11.4 Å². The maximum Gasteiger partial charge on any atom is 0.0559 e. The summed E-state index contributed by atoms with van der Waals surface area (Å²) in [5.41, 5.74) is 8.16. The Morgan fingerprint density at radius 1 is 1.56 bits per heavy atom. The Balaban J connectivity index is 1.99. The maximum absolute atomic E-state index is 5.58. The van der Waals surface area contributed by atoms with Gasteiger partial charge in [-0.2, -0.15) is 0 Å². The van der Waals surface area contributed by atoms with Gasteiger partial charge in [-0.1, -0.05) is 13.8 Å². The largest absolute Gasteiger partial charge is 0.382 e. The number of hydrogen-bond donors (Lipinski definition) is 2. The first kappa shape index (κ1) is 11.4. The lowest BCUT2D eigenvalue weighted by Crippen LogP contribution is -2.17. The molecule has 1 saturated carbocycles. The van der Waals surface area contributed by atoms with Crippen LogP contribution in [0.3, 0.4) is 0 Å². The minimum atomic E-state index is 0.487. The second kappa shape index (κ2) is 4.42. The Hall–Kier alpha value is -1.09. The first-order chi connectivity index (χ1) is 7.59. The highest BCUT2D eigenvalue weighted by Crippen LogP contribution is 2.38. The average Bonchev–Trinajstić information content (AvgIpc) is 2.58. The molecular weight excluding hydrogens is 198 g/mol. The van der Waals surface area contributed by atoms with Gasteiger partial charge < -0.3 is 11.1 Å². The summed E-state index contributed by atoms with van der Waals surface area (Å²) in [5.74, 6) is 0. The van der Waals surface area contributed by atoms with E-state index in [1.807, 2.05) is 18.3 Å². The van der Waals surface area contributed by atoms with Gasteiger partial charge in [-0.3, -0.25) is 4.98 Å². The molecule has 1 heterocycles. The summed E-state index contributed by atoms with van der Waals surface area (Å²) in [6.07, 6.45) is 5.63. The molecule has 3 N–H and O–H groups in total. The lowest BCUT2D eigenvalue weighted by molar-refractivity contribution is 0.378. The summed E-state index contributed by atoms with van der Waals surface area (Å²) in [6, 6.07) is 4.67. The van der Waals surface area contributed by atoms with Crippen LogP contribution in [0, 0.1) is 5.41 Å². The Morgan fingerprint density at radius 2 is 2.38 bits per heavy atom. The quantitative estimate of drug-likeness (QED) is 0.821. The van der Waals surface area contributed by atoms with Gasteiger partial charge in [0.25, 0.3) is 0 Å². The summed E-state index contributed by atoms with van der Waals surface area (Å²) in [6.45, 7) is 5.19. The number of pyridine rings is 1. The van der Waals surface area contributed by atoms with E-state index in [4.69, 9.17) is 5.73 Å². The molecule has 1 aromatic rings. The molecule has 16 heavy (non-hydrogen) atoms. The van der Waals surface area contributed by atoms with E-state index in [1.54, 1.807) is 0 Å². The van der Waals surface area contributed by atoms with Gasteiger partial charge in [-0.15, -0.1) is 0 Å². The van der Waals surface area contributed by atoms with Crippen molar-refractivity contribution in [3.05, 3.63) is 24.0 Å². The zero-order valence-corrected chi connectivity index (χ0v) is 10.2. The summed E-state index contributed by atoms with van der Waals surface area (Å²) in [5, 5.41) is 3.58. The van der Waals surface area contributed by atoms with Crippen LogP contribution in [0.4, 0.5) is 5.69 Å². The number of nitrogens with two attached hydrogens (primary N) is 1. The molecule has 1 fully saturated rings. The van der Waals surface area contributed by atoms with Crippen LogP contribution < -0.4 is 11.1 Å². The Labute approximate surface area is 97.5 Å². The minimum Gasteiger partial charge on any atom is -0.382 e. The first-order valence-corrected chi connectivity index (χ1v) is 6.01. The van der Waals surface area contributed by atoms with Gasteiger partial charge in [0.05, 0.1) is 5.69 Å². The molecule has 0 bridgehead atoms. The van der Waals surface area contributed by atoms with Crippen molar-refractivity contribution in [2.75, 3.05) is 5.32 Å². The second-order valence-electron chi connectivity index (χ2n) is 5.49. The second-order valence-corrected chi connectivity index (χ2v) is 5.49. The summed E-state index contributed by atoms with van der Waals surface area (Å²) in [4.78, 5) is 4.20. The molecule has 1 aliphatic carbocycles. The predicted molar refractivity (Wildman–Crippen MR) is 67.2 cm³/mol. The molecule has 1 aliphatic rings. The molecule has 1 aromatic heterocycles. The number of nitrogens with zero attached hydrogens (tertiary/aromatic N) is 1. The van der Waals surface area contributed by atoms with Crippen LogP contribution >= 0.6 is 0 Å². The third-order valence-electron chi connectivity index (χ3n) is 3.37. The molecule has 3 nitrogen and oxygen atoms in total. The highest BCUT2D eigenvalue weighted by atomic mass is 14.9. The number of hydrogen-bond acceptors (Lipinski definition) is 3. The fourth-order valence-electron chi connectivity index (χ4n) is 2.47. The van der Waals surface area contributed by atoms with Crippen molar-refractivity contribution in [1.29, 1.82) is 0 Å². The van der Waals surface area contributed by atoms with E-state index < -0.39 is 0 Å². The zero-order valence-electron chi connectivity index (χ0n) is 10.2. The predicted octanol–water partition coefficient (Wildman–Crippen LogP) is 2.53. The molecular formula is C13H21N3. The minimum absolute atomic E-state index is 0.487. The number of anilines is 1. The summed E-state index contributed by atoms with van der Waals surface area (Å²) >= 11 is 0. The number of aromatic nitrogens is 1. The maximum atomic E-state index is 5.58. The van der Waals surface area contributed by atoms with Crippen molar-refractivity contribution < 1.29 is 0 Å². The van der Waals surface area contributed by atoms with Gasteiger partial charge in [0.15, 0.2) is 0 Å². The molecule has 0 aromatic carbocycles. The monoisotopic (exact) mass is 219 g/mol. The van der Waals surface area contributed by atoms with Crippen LogP contribution in [0.5, 0.6) is 0 Å². The average molecular weight is 219 g/mol. The van der Waals surface area contributed by atoms with Gasteiger partial charge in [0, 0.05) is 24.5 Å². The van der Waals surface area contributed by atoms with E-state index in [2.05, 4.69) is 24.1 Å². The van der Waals surface area contributed by atoms with Crippen LogP contribution in [-0.2, 0) is 6.54 Å². The van der Waals surface area contributed by atoms with Crippen LogP contribution in [0.15, 0.2) is 18.3 Å². The van der Waals surface area contributed by atoms with E-state index in [9.17, 15) is 0 Å². The van der Waals surface area contributed by atoms with Gasteiger partial charge in [0.1, 0.15) is 0 Å². The van der Waals surface area contributed by atoms with E-state index >= 15 is 0 Å². The molecule has 1 atom stereocenters. The normalized spacial score (nSPS) is 23.3. The fourth-order valence-corrected chi connectivity index (χ4v) is 2.47. The Morgan fingerprint density at radius 3 is 3.00 bits per heavy atom. The highest BCUT2D eigenvalue weighted by molar-refractivity contribution is 5.44. The molecule has 0 saturated heterocycles. The van der Waals surface area contributed by atoms with Crippen molar-refractivity contribution in [2.45, 2.75) is 45.7 Å². The van der Waals surface area contributed by atoms with Crippen LogP contribution in [-0.4, -0.2) is 11.0 Å².